The van der Waals surface area contributed by atoms with Crippen molar-refractivity contribution in [2.24, 2.45) is 0 Å². The summed E-state index contributed by atoms with van der Waals surface area (Å²) in [6, 6.07) is 6.39. The van der Waals surface area contributed by atoms with E-state index in [1.54, 1.807) is 36.9 Å². The van der Waals surface area contributed by atoms with E-state index < -0.39 is 27.9 Å². The predicted molar refractivity (Wildman–Crippen MR) is 89.3 cm³/mol. The lowest BCUT2D eigenvalue weighted by atomic mass is 9.85. The Labute approximate surface area is 147 Å². The van der Waals surface area contributed by atoms with Crippen molar-refractivity contribution in [3.63, 3.8) is 0 Å². The zero-order valence-corrected chi connectivity index (χ0v) is 15.2. The molecule has 1 fully saturated rings. The predicted octanol–water partition coefficient (Wildman–Crippen LogP) is 1.74. The van der Waals surface area contributed by atoms with Crippen molar-refractivity contribution >= 4 is 16.0 Å². The van der Waals surface area contributed by atoms with Gasteiger partial charge in [0.1, 0.15) is 17.5 Å². The Balaban J connectivity index is 2.18. The summed E-state index contributed by atoms with van der Waals surface area (Å²) < 4.78 is 35.0. The molecule has 25 heavy (non-hydrogen) atoms. The maximum atomic E-state index is 12.4. The lowest BCUT2D eigenvalue weighted by molar-refractivity contribution is -0.137. The van der Waals surface area contributed by atoms with Crippen LogP contribution in [0.25, 0.3) is 0 Å². The summed E-state index contributed by atoms with van der Waals surface area (Å²) in [6.45, 7) is 3.98. The van der Waals surface area contributed by atoms with E-state index in [1.807, 2.05) is 0 Å². The second kappa shape index (κ2) is 6.00. The molecule has 2 atom stereocenters. The average Bonchev–Trinajstić information content (AvgIpc) is 2.92. The monoisotopic (exact) mass is 364 g/mol. The van der Waals surface area contributed by atoms with Crippen molar-refractivity contribution < 1.29 is 22.1 Å². The van der Waals surface area contributed by atoms with Gasteiger partial charge in [-0.15, -0.1) is 0 Å². The molecule has 1 amide bonds. The number of rotatable bonds is 3. The molecule has 7 nitrogen and oxygen atoms in total. The van der Waals surface area contributed by atoms with E-state index in [-0.39, 0.29) is 5.91 Å². The number of nitrogens with zero attached hydrogens (tertiary/aromatic N) is 2. The van der Waals surface area contributed by atoms with E-state index in [0.29, 0.717) is 36.3 Å². The van der Waals surface area contributed by atoms with Crippen molar-refractivity contribution in [3.8, 4) is 11.8 Å². The van der Waals surface area contributed by atoms with Crippen LogP contribution in [0.2, 0.25) is 0 Å². The van der Waals surface area contributed by atoms with Gasteiger partial charge in [0, 0.05) is 18.5 Å². The van der Waals surface area contributed by atoms with Crippen LogP contribution >= 0.6 is 0 Å². The molecule has 2 aliphatic heterocycles. The van der Waals surface area contributed by atoms with E-state index >= 15 is 0 Å². The van der Waals surface area contributed by atoms with Crippen LogP contribution in [0.1, 0.15) is 43.9 Å². The molecule has 1 aromatic rings. The summed E-state index contributed by atoms with van der Waals surface area (Å²) in [5.74, 6) is 0.472. The van der Waals surface area contributed by atoms with Gasteiger partial charge in [-0.25, -0.2) is 0 Å². The fourth-order valence-electron chi connectivity index (χ4n) is 3.48. The number of hydrogen-bond donors (Lipinski definition) is 0. The van der Waals surface area contributed by atoms with Gasteiger partial charge in [0.15, 0.2) is 0 Å². The minimum atomic E-state index is -3.78. The van der Waals surface area contributed by atoms with Crippen LogP contribution in [-0.2, 0) is 19.1 Å². The lowest BCUT2D eigenvalue weighted by Gasteiger charge is -2.46. The van der Waals surface area contributed by atoms with Gasteiger partial charge in [-0.2, -0.15) is 13.7 Å². The molecule has 1 saturated heterocycles. The highest BCUT2D eigenvalue weighted by Crippen LogP contribution is 2.46. The van der Waals surface area contributed by atoms with Crippen LogP contribution in [-0.4, -0.2) is 43.7 Å². The summed E-state index contributed by atoms with van der Waals surface area (Å²) in [4.78, 5) is 14.0. The number of amides is 1. The molecule has 0 aromatic heterocycles. The molecule has 0 spiro atoms. The largest absolute Gasteiger partial charge is 0.485 e. The second-order valence-electron chi connectivity index (χ2n) is 6.93. The van der Waals surface area contributed by atoms with E-state index in [9.17, 15) is 18.5 Å². The van der Waals surface area contributed by atoms with Crippen LogP contribution in [0.3, 0.4) is 0 Å². The van der Waals surface area contributed by atoms with Gasteiger partial charge in [0.05, 0.1) is 23.9 Å². The van der Waals surface area contributed by atoms with E-state index in [4.69, 9.17) is 8.92 Å². The summed E-state index contributed by atoms with van der Waals surface area (Å²) in [5.41, 5.74) is 0.0386. The third kappa shape index (κ3) is 3.34. The molecule has 3 rings (SSSR count). The molecule has 2 heterocycles. The molecule has 0 unspecified atom stereocenters. The van der Waals surface area contributed by atoms with Gasteiger partial charge >= 0.3 is 0 Å². The Morgan fingerprint density at radius 1 is 1.40 bits per heavy atom. The minimum Gasteiger partial charge on any atom is -0.485 e. The molecule has 0 N–H and O–H groups in total. The molecule has 2 aliphatic rings. The Bertz CT molecular complexity index is 856. The fraction of sp³-hybridized carbons (Fsp3) is 0.529. The Morgan fingerprint density at radius 2 is 2.12 bits per heavy atom. The zero-order chi connectivity index (χ0) is 18.4. The van der Waals surface area contributed by atoms with Gasteiger partial charge in [0.25, 0.3) is 10.1 Å². The van der Waals surface area contributed by atoms with Crippen molar-refractivity contribution in [1.29, 1.82) is 5.26 Å². The third-order valence-corrected chi connectivity index (χ3v) is 5.08. The molecule has 0 saturated carbocycles. The molecule has 0 aliphatic carbocycles. The number of ether oxygens (including phenoxy) is 1. The Morgan fingerprint density at radius 3 is 2.68 bits per heavy atom. The SMILES string of the molecule is CC1(C)Oc2ccc(C#N)cc2[C@@H](N2CCCC2=O)[C@@H]1OS(C)(=O)=O. The molecule has 1 aromatic carbocycles. The molecule has 0 bridgehead atoms. The molecule has 0 radical (unpaired) electrons. The zero-order valence-electron chi connectivity index (χ0n) is 14.4. The van der Waals surface area contributed by atoms with Gasteiger partial charge in [-0.05, 0) is 38.5 Å². The van der Waals surface area contributed by atoms with Crippen LogP contribution in [0.4, 0.5) is 0 Å². The number of fused-ring (bicyclic) bond motifs is 1. The summed E-state index contributed by atoms with van der Waals surface area (Å²) >= 11 is 0. The normalized spacial score (nSPS) is 25.2. The second-order valence-corrected chi connectivity index (χ2v) is 8.53. The van der Waals surface area contributed by atoms with Crippen molar-refractivity contribution in [3.05, 3.63) is 29.3 Å². The van der Waals surface area contributed by atoms with E-state index in [0.717, 1.165) is 6.26 Å². The molecule has 8 heteroatoms. The highest BCUT2D eigenvalue weighted by atomic mass is 32.2. The summed E-state index contributed by atoms with van der Waals surface area (Å²) in [7, 11) is -3.78. The number of nitriles is 1. The van der Waals surface area contributed by atoms with Gasteiger partial charge in [0.2, 0.25) is 5.91 Å². The van der Waals surface area contributed by atoms with Crippen LogP contribution in [0, 0.1) is 11.3 Å². The van der Waals surface area contributed by atoms with Crippen LogP contribution < -0.4 is 4.74 Å². The first-order valence-corrected chi connectivity index (χ1v) is 9.85. The number of hydrogen-bond acceptors (Lipinski definition) is 6. The third-order valence-electron chi connectivity index (χ3n) is 4.53. The maximum Gasteiger partial charge on any atom is 0.264 e. The lowest BCUT2D eigenvalue weighted by Crippen LogP contribution is -2.55. The standard InChI is InChI=1S/C17H20N2O5S/c1-17(2)16(24-25(3,21)22)15(19-8-4-5-14(19)20)12-9-11(10-18)6-7-13(12)23-17/h6-7,9,15-16H,4-5,8H2,1-3H3/t15-,16+/m1/s1. The molecular weight excluding hydrogens is 344 g/mol. The number of likely N-dealkylation sites (tertiary alicyclic amines) is 1. The van der Waals surface area contributed by atoms with Crippen LogP contribution in [0.5, 0.6) is 5.75 Å². The van der Waals surface area contributed by atoms with Gasteiger partial charge in [-0.1, -0.05) is 0 Å². The topological polar surface area (TPSA) is 96.7 Å². The van der Waals surface area contributed by atoms with Gasteiger partial charge < -0.3 is 9.64 Å². The first-order chi connectivity index (χ1) is 11.6. The van der Waals surface area contributed by atoms with Crippen LogP contribution in [0.15, 0.2) is 18.2 Å². The van der Waals surface area contributed by atoms with E-state index in [1.165, 1.54) is 0 Å². The van der Waals surface area contributed by atoms with E-state index in [2.05, 4.69) is 6.07 Å². The van der Waals surface area contributed by atoms with Crippen molar-refractivity contribution in [1.82, 2.24) is 4.90 Å². The first-order valence-electron chi connectivity index (χ1n) is 8.03. The highest BCUT2D eigenvalue weighted by molar-refractivity contribution is 7.86. The Hall–Kier alpha value is -2.11. The maximum absolute atomic E-state index is 12.4. The van der Waals surface area contributed by atoms with Crippen molar-refractivity contribution in [2.75, 3.05) is 12.8 Å². The fourth-order valence-corrected chi connectivity index (χ4v) is 4.19. The average molecular weight is 364 g/mol. The highest BCUT2D eigenvalue weighted by Gasteiger charge is 2.50. The first kappa shape index (κ1) is 17.7. The number of carbonyl (C=O) groups excluding carboxylic acids is 1. The minimum absolute atomic E-state index is 0.0573. The quantitative estimate of drug-likeness (QED) is 0.758. The molecule has 134 valence electrons. The number of benzene rings is 1. The summed E-state index contributed by atoms with van der Waals surface area (Å²) in [5, 5.41) is 9.20. The molecular formula is C17H20N2O5S. The Kier molecular flexibility index (Phi) is 4.25. The smallest absolute Gasteiger partial charge is 0.264 e. The van der Waals surface area contributed by atoms with Gasteiger partial charge in [-0.3, -0.25) is 8.98 Å². The summed E-state index contributed by atoms with van der Waals surface area (Å²) in [6.07, 6.45) is 1.19. The van der Waals surface area contributed by atoms with Crippen molar-refractivity contribution in [2.45, 2.75) is 44.4 Å². The number of carbonyl (C=O) groups is 1.